The third kappa shape index (κ3) is 5.45. The second kappa shape index (κ2) is 9.54. The standard InChI is InChI=1S/C23H27N3O4S2/c1-3-30-18-8-5-16(6-9-18)10-11-24-22(27)17-7-4-15(2)19(12-17)25-23-26-20-13-32(28,29)14-21(20)31-23/h4-9,12,20-21H,3,10-11,13-14H2,1-2H3,(H,24,27)(H,25,26)/t20-,21-/m0/s1. The number of carbonyl (C=O) groups is 1. The number of carbonyl (C=O) groups excluding carboxylic acids is 1. The predicted octanol–water partition coefficient (Wildman–Crippen LogP) is 3.05. The van der Waals surface area contributed by atoms with Crippen LogP contribution in [-0.2, 0) is 16.3 Å². The van der Waals surface area contributed by atoms with Gasteiger partial charge >= 0.3 is 0 Å². The molecular weight excluding hydrogens is 446 g/mol. The Morgan fingerprint density at radius 1 is 1.19 bits per heavy atom. The van der Waals surface area contributed by atoms with E-state index < -0.39 is 9.84 Å². The topological polar surface area (TPSA) is 96.9 Å². The number of aliphatic imine (C=N–C) groups is 1. The number of anilines is 1. The first-order chi connectivity index (χ1) is 15.3. The molecule has 1 amide bonds. The summed E-state index contributed by atoms with van der Waals surface area (Å²) in [5.41, 5.74) is 3.49. The van der Waals surface area contributed by atoms with Crippen molar-refractivity contribution in [1.82, 2.24) is 5.32 Å². The van der Waals surface area contributed by atoms with E-state index in [1.807, 2.05) is 50.2 Å². The van der Waals surface area contributed by atoms with Crippen LogP contribution in [0, 0.1) is 6.92 Å². The molecule has 32 heavy (non-hydrogen) atoms. The molecule has 2 aliphatic heterocycles. The molecule has 0 saturated carbocycles. The number of nitrogens with zero attached hydrogens (tertiary/aromatic N) is 1. The molecule has 2 atom stereocenters. The molecule has 2 aromatic carbocycles. The summed E-state index contributed by atoms with van der Waals surface area (Å²) in [6.07, 6.45) is 0.730. The number of aryl methyl sites for hydroxylation is 1. The Balaban J connectivity index is 1.33. The average Bonchev–Trinajstić information content (AvgIpc) is 3.23. The van der Waals surface area contributed by atoms with Gasteiger partial charge in [0.2, 0.25) is 0 Å². The van der Waals surface area contributed by atoms with E-state index in [-0.39, 0.29) is 28.7 Å². The third-order valence-corrected chi connectivity index (χ3v) is 8.63. The van der Waals surface area contributed by atoms with Crippen molar-refractivity contribution in [2.45, 2.75) is 31.6 Å². The number of amidine groups is 1. The maximum atomic E-state index is 12.6. The van der Waals surface area contributed by atoms with Crippen LogP contribution in [0.1, 0.15) is 28.4 Å². The summed E-state index contributed by atoms with van der Waals surface area (Å²) in [4.78, 5) is 17.2. The zero-order chi connectivity index (χ0) is 22.7. The number of rotatable bonds is 7. The molecule has 2 aromatic rings. The van der Waals surface area contributed by atoms with Crippen LogP contribution in [0.15, 0.2) is 47.5 Å². The van der Waals surface area contributed by atoms with Crippen LogP contribution in [0.2, 0.25) is 0 Å². The minimum Gasteiger partial charge on any atom is -0.494 e. The van der Waals surface area contributed by atoms with Crippen molar-refractivity contribution in [3.63, 3.8) is 0 Å². The maximum absolute atomic E-state index is 12.6. The van der Waals surface area contributed by atoms with Crippen molar-refractivity contribution in [2.75, 3.05) is 30.0 Å². The van der Waals surface area contributed by atoms with E-state index in [1.165, 1.54) is 11.8 Å². The van der Waals surface area contributed by atoms with E-state index in [9.17, 15) is 13.2 Å². The van der Waals surface area contributed by atoms with Gasteiger partial charge in [-0.1, -0.05) is 30.0 Å². The van der Waals surface area contributed by atoms with Gasteiger partial charge in [0, 0.05) is 23.0 Å². The van der Waals surface area contributed by atoms with E-state index in [0.29, 0.717) is 23.9 Å². The monoisotopic (exact) mass is 473 g/mol. The fourth-order valence-electron chi connectivity index (χ4n) is 3.77. The number of ether oxygens (including phenoxy) is 1. The highest BCUT2D eigenvalue weighted by atomic mass is 32.2. The van der Waals surface area contributed by atoms with Crippen molar-refractivity contribution in [3.8, 4) is 5.75 Å². The summed E-state index contributed by atoms with van der Waals surface area (Å²) in [5.74, 6) is 0.997. The Morgan fingerprint density at radius 3 is 2.69 bits per heavy atom. The van der Waals surface area contributed by atoms with Gasteiger partial charge in [-0.05, 0) is 55.7 Å². The van der Waals surface area contributed by atoms with Gasteiger partial charge in [0.15, 0.2) is 15.0 Å². The molecule has 0 radical (unpaired) electrons. The number of amides is 1. The normalized spacial score (nSPS) is 21.0. The van der Waals surface area contributed by atoms with Crippen LogP contribution in [-0.4, -0.2) is 55.4 Å². The summed E-state index contributed by atoms with van der Waals surface area (Å²) < 4.78 is 28.9. The number of nitrogens with one attached hydrogen (secondary N) is 2. The number of sulfone groups is 1. The second-order valence-corrected chi connectivity index (χ2v) is 11.4. The summed E-state index contributed by atoms with van der Waals surface area (Å²) in [6, 6.07) is 13.2. The molecule has 0 bridgehead atoms. The molecule has 4 rings (SSSR count). The van der Waals surface area contributed by atoms with E-state index in [4.69, 9.17) is 4.74 Å². The van der Waals surface area contributed by atoms with Crippen molar-refractivity contribution in [1.29, 1.82) is 0 Å². The molecule has 2 aliphatic rings. The van der Waals surface area contributed by atoms with Gasteiger partial charge in [-0.25, -0.2) is 8.42 Å². The SMILES string of the molecule is CCOc1ccc(CCNC(=O)c2ccc(C)c(NC3=N[C@H]4CS(=O)(=O)C[C@@H]4S3)c2)cc1. The smallest absolute Gasteiger partial charge is 0.251 e. The molecule has 1 saturated heterocycles. The Bertz CT molecular complexity index is 1130. The van der Waals surface area contributed by atoms with Gasteiger partial charge in [-0.3, -0.25) is 9.79 Å². The molecule has 170 valence electrons. The highest BCUT2D eigenvalue weighted by Crippen LogP contribution is 2.35. The van der Waals surface area contributed by atoms with E-state index >= 15 is 0 Å². The van der Waals surface area contributed by atoms with Crippen LogP contribution in [0.25, 0.3) is 0 Å². The molecule has 7 nitrogen and oxygen atoms in total. The lowest BCUT2D eigenvalue weighted by Crippen LogP contribution is -2.25. The number of benzene rings is 2. The Hall–Kier alpha value is -2.52. The van der Waals surface area contributed by atoms with E-state index in [2.05, 4.69) is 15.6 Å². The van der Waals surface area contributed by atoms with Crippen molar-refractivity contribution < 1.29 is 17.9 Å². The third-order valence-electron chi connectivity index (χ3n) is 5.49. The minimum absolute atomic E-state index is 0.0168. The van der Waals surface area contributed by atoms with Crippen LogP contribution in [0.4, 0.5) is 5.69 Å². The van der Waals surface area contributed by atoms with Crippen LogP contribution >= 0.6 is 11.8 Å². The molecule has 2 heterocycles. The van der Waals surface area contributed by atoms with Crippen LogP contribution in [0.3, 0.4) is 0 Å². The highest BCUT2D eigenvalue weighted by molar-refractivity contribution is 8.15. The lowest BCUT2D eigenvalue weighted by atomic mass is 10.1. The largest absolute Gasteiger partial charge is 0.494 e. The van der Waals surface area contributed by atoms with Crippen LogP contribution < -0.4 is 15.4 Å². The zero-order valence-electron chi connectivity index (χ0n) is 18.1. The Labute approximate surface area is 193 Å². The fourth-order valence-corrected chi connectivity index (χ4v) is 7.44. The first-order valence-corrected chi connectivity index (χ1v) is 13.4. The Morgan fingerprint density at radius 2 is 1.97 bits per heavy atom. The van der Waals surface area contributed by atoms with Crippen LogP contribution in [0.5, 0.6) is 5.75 Å². The van der Waals surface area contributed by atoms with E-state index in [1.54, 1.807) is 6.07 Å². The summed E-state index contributed by atoms with van der Waals surface area (Å²) in [5, 5.41) is 6.95. The zero-order valence-corrected chi connectivity index (χ0v) is 19.8. The molecule has 0 aliphatic carbocycles. The van der Waals surface area contributed by atoms with Gasteiger partial charge < -0.3 is 15.4 Å². The highest BCUT2D eigenvalue weighted by Gasteiger charge is 2.42. The molecule has 0 spiro atoms. The van der Waals surface area contributed by atoms with Gasteiger partial charge in [-0.2, -0.15) is 0 Å². The predicted molar refractivity (Wildman–Crippen MR) is 130 cm³/mol. The quantitative estimate of drug-likeness (QED) is 0.642. The fraction of sp³-hybridized carbons (Fsp3) is 0.391. The molecule has 2 N–H and O–H groups in total. The number of thioether (sulfide) groups is 1. The van der Waals surface area contributed by atoms with Gasteiger partial charge in [-0.15, -0.1) is 0 Å². The molecule has 9 heteroatoms. The molecular formula is C23H27N3O4S2. The lowest BCUT2D eigenvalue weighted by molar-refractivity contribution is 0.0954. The van der Waals surface area contributed by atoms with Gasteiger partial charge in [0.1, 0.15) is 5.75 Å². The van der Waals surface area contributed by atoms with Crippen molar-refractivity contribution in [3.05, 3.63) is 59.2 Å². The molecule has 0 unspecified atom stereocenters. The summed E-state index contributed by atoms with van der Waals surface area (Å²) in [6.45, 7) is 5.08. The second-order valence-electron chi connectivity index (χ2n) is 7.97. The molecule has 0 aromatic heterocycles. The Kier molecular flexibility index (Phi) is 6.76. The first kappa shape index (κ1) is 22.7. The lowest BCUT2D eigenvalue weighted by Gasteiger charge is -2.12. The van der Waals surface area contributed by atoms with Crippen molar-refractivity contribution in [2.24, 2.45) is 4.99 Å². The number of fused-ring (bicyclic) bond motifs is 1. The van der Waals surface area contributed by atoms with Gasteiger partial charge in [0.25, 0.3) is 5.91 Å². The number of hydrogen-bond donors (Lipinski definition) is 2. The van der Waals surface area contributed by atoms with Gasteiger partial charge in [0.05, 0.1) is 24.2 Å². The first-order valence-electron chi connectivity index (χ1n) is 10.7. The summed E-state index contributed by atoms with van der Waals surface area (Å²) in [7, 11) is -2.98. The average molecular weight is 474 g/mol. The maximum Gasteiger partial charge on any atom is 0.251 e. The minimum atomic E-state index is -2.98. The molecule has 1 fully saturated rings. The number of hydrogen-bond acceptors (Lipinski definition) is 7. The van der Waals surface area contributed by atoms with E-state index in [0.717, 1.165) is 29.0 Å². The van der Waals surface area contributed by atoms with Crippen molar-refractivity contribution >= 4 is 38.4 Å². The summed E-state index contributed by atoms with van der Waals surface area (Å²) >= 11 is 1.47.